The van der Waals surface area contributed by atoms with Gasteiger partial charge in [0.25, 0.3) is 0 Å². The minimum atomic E-state index is -1.18. The molecule has 1 aliphatic heterocycles. The number of carboxylic acid groups (broad SMARTS) is 1. The average molecular weight is 635 g/mol. The minimum absolute atomic E-state index is 0.0148. The Morgan fingerprint density at radius 2 is 2.07 bits per heavy atom. The summed E-state index contributed by atoms with van der Waals surface area (Å²) < 4.78 is 23.0. The summed E-state index contributed by atoms with van der Waals surface area (Å²) in [6.45, 7) is 5.58. The Morgan fingerprint density at radius 3 is 2.78 bits per heavy atom. The minimum Gasteiger partial charge on any atom is -0.493 e. The molecule has 3 heterocycles. The predicted molar refractivity (Wildman–Crippen MR) is 162 cm³/mol. The standard InChI is InChI=1S/C30H30N6O8S/c1-30(2,3)44-29(40)32-13-18-10-20(6-5-16(18)12-31)33-23(17-9-19-14-42-15-43-24(19)22(11-17)41-4)26-34-28(39)36(35-26)21-7-8-45-25(21)27(37)38/h5-11,23,33H,13-15H2,1-4H3,(H,32,40)(H,37,38)(H,34,35,39). The summed E-state index contributed by atoms with van der Waals surface area (Å²) in [5, 5.41) is 31.4. The van der Waals surface area contributed by atoms with Gasteiger partial charge in [-0.1, -0.05) is 0 Å². The Morgan fingerprint density at radius 1 is 1.27 bits per heavy atom. The van der Waals surface area contributed by atoms with Gasteiger partial charge in [-0.05, 0) is 73.7 Å². The fourth-order valence-electron chi connectivity index (χ4n) is 4.68. The second kappa shape index (κ2) is 12.7. The van der Waals surface area contributed by atoms with Crippen LogP contribution in [0.15, 0.2) is 46.6 Å². The van der Waals surface area contributed by atoms with E-state index in [1.807, 2.05) is 6.07 Å². The molecule has 1 amide bonds. The molecule has 1 atom stereocenters. The zero-order chi connectivity index (χ0) is 32.3. The van der Waals surface area contributed by atoms with Crippen LogP contribution in [0.25, 0.3) is 5.69 Å². The predicted octanol–water partition coefficient (Wildman–Crippen LogP) is 4.29. The average Bonchev–Trinajstić information content (AvgIpc) is 3.64. The molecule has 2 aromatic carbocycles. The smallest absolute Gasteiger partial charge is 0.407 e. The number of ether oxygens (including phenoxy) is 4. The van der Waals surface area contributed by atoms with Gasteiger partial charge >= 0.3 is 17.8 Å². The number of anilines is 1. The number of nitrogens with zero attached hydrogens (tertiary/aromatic N) is 3. The number of hydrogen-bond acceptors (Lipinski definition) is 11. The highest BCUT2D eigenvalue weighted by Crippen LogP contribution is 2.39. The van der Waals surface area contributed by atoms with Crippen molar-refractivity contribution in [3.63, 3.8) is 0 Å². The van der Waals surface area contributed by atoms with Gasteiger partial charge in [-0.25, -0.2) is 14.4 Å². The molecule has 0 fully saturated rings. The first-order chi connectivity index (χ1) is 21.5. The lowest BCUT2D eigenvalue weighted by molar-refractivity contribution is -0.0180. The molecule has 0 saturated heterocycles. The number of amides is 1. The lowest BCUT2D eigenvalue weighted by atomic mass is 10.0. The van der Waals surface area contributed by atoms with E-state index >= 15 is 0 Å². The molecule has 15 heteroatoms. The lowest BCUT2D eigenvalue weighted by Gasteiger charge is -2.24. The summed E-state index contributed by atoms with van der Waals surface area (Å²) in [4.78, 5) is 39.9. The quantitative estimate of drug-likeness (QED) is 0.205. The maximum Gasteiger partial charge on any atom is 0.407 e. The fourth-order valence-corrected chi connectivity index (χ4v) is 5.39. The number of nitriles is 1. The van der Waals surface area contributed by atoms with Crippen molar-refractivity contribution < 1.29 is 33.6 Å². The van der Waals surface area contributed by atoms with Crippen LogP contribution in [0.5, 0.6) is 11.5 Å². The second-order valence-corrected chi connectivity index (χ2v) is 11.8. The SMILES string of the molecule is COc1cc(C(Nc2ccc(C#N)c(CNC(=O)OC(C)(C)C)c2)c2nn(-c3ccsc3C(=O)O)c(=O)[nH]2)cc2c1OCOC2. The van der Waals surface area contributed by atoms with E-state index in [9.17, 15) is 24.8 Å². The van der Waals surface area contributed by atoms with Crippen LogP contribution in [0.4, 0.5) is 10.5 Å². The van der Waals surface area contributed by atoms with Crippen molar-refractivity contribution in [1.82, 2.24) is 20.1 Å². The maximum absolute atomic E-state index is 13.1. The number of methoxy groups -OCH3 is 1. The van der Waals surface area contributed by atoms with Crippen LogP contribution >= 0.6 is 11.3 Å². The number of nitrogens with one attached hydrogen (secondary N) is 3. The number of carbonyl (C=O) groups is 2. The highest BCUT2D eigenvalue weighted by Gasteiger charge is 2.27. The number of aromatic nitrogens is 3. The van der Waals surface area contributed by atoms with E-state index in [0.717, 1.165) is 16.0 Å². The number of aromatic amines is 1. The van der Waals surface area contributed by atoms with Gasteiger partial charge in [-0.2, -0.15) is 9.94 Å². The van der Waals surface area contributed by atoms with Crippen molar-refractivity contribution >= 4 is 29.1 Å². The van der Waals surface area contributed by atoms with E-state index in [-0.39, 0.29) is 36.3 Å². The molecule has 0 saturated carbocycles. The normalized spacial score (nSPS) is 13.1. The number of fused-ring (bicyclic) bond motifs is 1. The van der Waals surface area contributed by atoms with Gasteiger partial charge in [0.15, 0.2) is 24.1 Å². The van der Waals surface area contributed by atoms with Crippen LogP contribution in [0, 0.1) is 11.3 Å². The summed E-state index contributed by atoms with van der Waals surface area (Å²) in [5.74, 6) is -0.0494. The van der Waals surface area contributed by atoms with E-state index in [0.29, 0.717) is 39.4 Å². The largest absolute Gasteiger partial charge is 0.493 e. The maximum atomic E-state index is 13.1. The Hall–Kier alpha value is -5.33. The number of carbonyl (C=O) groups excluding carboxylic acids is 1. The summed E-state index contributed by atoms with van der Waals surface area (Å²) in [7, 11) is 1.51. The van der Waals surface area contributed by atoms with Gasteiger partial charge in [0.05, 0.1) is 31.0 Å². The van der Waals surface area contributed by atoms with Gasteiger partial charge in [0, 0.05) is 17.8 Å². The van der Waals surface area contributed by atoms with Crippen LogP contribution in [0.1, 0.15) is 64.6 Å². The van der Waals surface area contributed by atoms with E-state index in [1.165, 1.54) is 13.2 Å². The van der Waals surface area contributed by atoms with Gasteiger partial charge in [-0.15, -0.1) is 16.4 Å². The molecule has 4 N–H and O–H groups in total. The molecule has 5 rings (SSSR count). The van der Waals surface area contributed by atoms with Crippen LogP contribution < -0.4 is 25.8 Å². The van der Waals surface area contributed by atoms with Crippen LogP contribution in [-0.4, -0.2) is 51.4 Å². The topological polar surface area (TPSA) is 190 Å². The molecule has 45 heavy (non-hydrogen) atoms. The first kappa shape index (κ1) is 31.1. The van der Waals surface area contributed by atoms with Crippen molar-refractivity contribution in [3.05, 3.63) is 85.2 Å². The number of alkyl carbamates (subject to hydrolysis) is 1. The second-order valence-electron chi connectivity index (χ2n) is 10.9. The van der Waals surface area contributed by atoms with E-state index < -0.39 is 29.4 Å². The first-order valence-corrected chi connectivity index (χ1v) is 14.5. The van der Waals surface area contributed by atoms with Gasteiger partial charge in [0.1, 0.15) is 16.5 Å². The fraction of sp³-hybridized carbons (Fsp3) is 0.300. The van der Waals surface area contributed by atoms with Crippen molar-refractivity contribution in [2.75, 3.05) is 19.2 Å². The molecule has 14 nitrogen and oxygen atoms in total. The Kier molecular flexibility index (Phi) is 8.80. The number of carboxylic acids is 1. The third-order valence-corrected chi connectivity index (χ3v) is 7.48. The Balaban J connectivity index is 1.56. The van der Waals surface area contributed by atoms with Crippen molar-refractivity contribution in [2.24, 2.45) is 0 Å². The third-order valence-electron chi connectivity index (χ3n) is 6.59. The zero-order valence-electron chi connectivity index (χ0n) is 24.8. The monoisotopic (exact) mass is 634 g/mol. The van der Waals surface area contributed by atoms with E-state index in [4.69, 9.17) is 18.9 Å². The molecule has 0 bridgehead atoms. The number of H-pyrrole nitrogens is 1. The molecular weight excluding hydrogens is 604 g/mol. The van der Waals surface area contributed by atoms with Crippen molar-refractivity contribution in [3.8, 4) is 23.3 Å². The number of hydrogen-bond donors (Lipinski definition) is 4. The van der Waals surface area contributed by atoms with Gasteiger partial charge in [-0.3, -0.25) is 4.98 Å². The molecule has 0 aliphatic carbocycles. The van der Waals surface area contributed by atoms with Crippen molar-refractivity contribution in [1.29, 1.82) is 5.26 Å². The molecule has 234 valence electrons. The van der Waals surface area contributed by atoms with Gasteiger partial charge in [0.2, 0.25) is 0 Å². The summed E-state index contributed by atoms with van der Waals surface area (Å²) in [6.07, 6.45) is -0.634. The van der Waals surface area contributed by atoms with E-state index in [1.54, 1.807) is 50.4 Å². The summed E-state index contributed by atoms with van der Waals surface area (Å²) in [5.41, 5.74) is 1.49. The van der Waals surface area contributed by atoms with Gasteiger partial charge < -0.3 is 34.7 Å². The Bertz CT molecular complexity index is 1830. The summed E-state index contributed by atoms with van der Waals surface area (Å²) >= 11 is 0.974. The third kappa shape index (κ3) is 6.92. The molecule has 0 spiro atoms. The highest BCUT2D eigenvalue weighted by atomic mass is 32.1. The number of thiophene rings is 1. The number of aromatic carboxylic acids is 1. The number of benzene rings is 2. The molecule has 2 aromatic heterocycles. The first-order valence-electron chi connectivity index (χ1n) is 13.7. The number of rotatable bonds is 9. The van der Waals surface area contributed by atoms with Crippen LogP contribution in [0.3, 0.4) is 0 Å². The molecule has 0 radical (unpaired) electrons. The van der Waals surface area contributed by atoms with Crippen molar-refractivity contribution in [2.45, 2.75) is 45.6 Å². The Labute approximate surface area is 261 Å². The molecule has 4 aromatic rings. The zero-order valence-corrected chi connectivity index (χ0v) is 25.6. The molecule has 1 unspecified atom stereocenters. The molecule has 1 aliphatic rings. The highest BCUT2D eigenvalue weighted by molar-refractivity contribution is 7.12. The van der Waals surface area contributed by atoms with E-state index in [2.05, 4.69) is 26.8 Å². The van der Waals surface area contributed by atoms with Crippen LogP contribution in [0.2, 0.25) is 0 Å². The summed E-state index contributed by atoms with van der Waals surface area (Å²) in [6, 6.07) is 11.4. The lowest BCUT2D eigenvalue weighted by Crippen LogP contribution is -2.32. The molecular formula is C30H30N6O8S. The van der Waals surface area contributed by atoms with Crippen LogP contribution in [-0.2, 0) is 22.6 Å².